The predicted octanol–water partition coefficient (Wildman–Crippen LogP) is 3.31. The summed E-state index contributed by atoms with van der Waals surface area (Å²) < 4.78 is 7.82. The van der Waals surface area contributed by atoms with Crippen LogP contribution in [0.5, 0.6) is 0 Å². The molecule has 1 aromatic carbocycles. The van der Waals surface area contributed by atoms with Gasteiger partial charge >= 0.3 is 0 Å². The molecule has 1 fully saturated rings. The number of hydrogen-bond donors (Lipinski definition) is 0. The highest BCUT2D eigenvalue weighted by molar-refractivity contribution is 5.74. The molecule has 1 atom stereocenters. The van der Waals surface area contributed by atoms with Crippen LogP contribution >= 0.6 is 0 Å². The first kappa shape index (κ1) is 12.5. The van der Waals surface area contributed by atoms with Crippen LogP contribution in [0.3, 0.4) is 0 Å². The number of benzene rings is 1. The molecule has 2 aromatic heterocycles. The monoisotopic (exact) mass is 279 g/mol. The van der Waals surface area contributed by atoms with Gasteiger partial charge in [0.25, 0.3) is 0 Å². The highest BCUT2D eigenvalue weighted by Crippen LogP contribution is 2.29. The maximum Gasteiger partial charge on any atom is 0.164 e. The number of para-hydroxylation sites is 1. The molecular weight excluding hydrogens is 262 g/mol. The number of aromatic nitrogens is 3. The summed E-state index contributed by atoms with van der Waals surface area (Å²) in [6, 6.07) is 14.3. The largest absolute Gasteiger partial charge is 0.381 e. The van der Waals surface area contributed by atoms with Gasteiger partial charge < -0.3 is 4.74 Å². The third kappa shape index (κ3) is 2.21. The lowest BCUT2D eigenvalue weighted by Gasteiger charge is -2.22. The van der Waals surface area contributed by atoms with Gasteiger partial charge in [-0.25, -0.2) is 9.97 Å². The fraction of sp³-hybridized carbons (Fsp3) is 0.294. The molecule has 0 radical (unpaired) electrons. The van der Waals surface area contributed by atoms with E-state index in [9.17, 15) is 0 Å². The van der Waals surface area contributed by atoms with Crippen LogP contribution < -0.4 is 0 Å². The summed E-state index contributed by atoms with van der Waals surface area (Å²) in [5, 5.41) is 0. The molecule has 0 saturated carbocycles. The Morgan fingerprint density at radius 1 is 1.10 bits per heavy atom. The van der Waals surface area contributed by atoms with Gasteiger partial charge in [0, 0.05) is 24.4 Å². The summed E-state index contributed by atoms with van der Waals surface area (Å²) in [6.07, 6.45) is 4.04. The van der Waals surface area contributed by atoms with E-state index in [1.165, 1.54) is 0 Å². The lowest BCUT2D eigenvalue weighted by atomic mass is 10.0. The van der Waals surface area contributed by atoms with E-state index in [4.69, 9.17) is 9.72 Å². The van der Waals surface area contributed by atoms with Crippen LogP contribution in [0.15, 0.2) is 48.7 Å². The number of hydrogen-bond acceptors (Lipinski definition) is 3. The number of fused-ring (bicyclic) bond motifs is 1. The van der Waals surface area contributed by atoms with E-state index in [1.54, 1.807) is 0 Å². The molecule has 21 heavy (non-hydrogen) atoms. The van der Waals surface area contributed by atoms with Gasteiger partial charge in [-0.2, -0.15) is 0 Å². The first-order chi connectivity index (χ1) is 10.4. The minimum atomic E-state index is 0.341. The van der Waals surface area contributed by atoms with E-state index < -0.39 is 0 Å². The topological polar surface area (TPSA) is 39.9 Å². The zero-order valence-corrected chi connectivity index (χ0v) is 11.8. The Labute approximate surface area is 123 Å². The molecule has 3 heterocycles. The van der Waals surface area contributed by atoms with E-state index in [-0.39, 0.29) is 0 Å². The zero-order chi connectivity index (χ0) is 14.1. The Morgan fingerprint density at radius 2 is 2.00 bits per heavy atom. The molecule has 4 rings (SSSR count). The van der Waals surface area contributed by atoms with Crippen molar-refractivity contribution in [1.29, 1.82) is 0 Å². The molecule has 1 aliphatic rings. The molecule has 0 aliphatic carbocycles. The number of pyridine rings is 1. The van der Waals surface area contributed by atoms with Gasteiger partial charge in [-0.05, 0) is 37.1 Å². The Morgan fingerprint density at radius 3 is 2.81 bits per heavy atom. The van der Waals surface area contributed by atoms with Crippen molar-refractivity contribution >= 4 is 11.2 Å². The molecule has 3 aromatic rings. The third-order valence-electron chi connectivity index (χ3n) is 3.98. The van der Waals surface area contributed by atoms with E-state index in [0.717, 1.165) is 48.7 Å². The summed E-state index contributed by atoms with van der Waals surface area (Å²) in [6.45, 7) is 1.61. The Kier molecular flexibility index (Phi) is 3.16. The van der Waals surface area contributed by atoms with Crippen LogP contribution in [0.25, 0.3) is 16.9 Å². The van der Waals surface area contributed by atoms with Gasteiger partial charge in [-0.3, -0.25) is 4.57 Å². The van der Waals surface area contributed by atoms with Gasteiger partial charge in [0.15, 0.2) is 5.65 Å². The molecule has 4 nitrogen and oxygen atoms in total. The zero-order valence-electron chi connectivity index (χ0n) is 11.8. The molecular formula is C17H17N3O. The molecule has 4 heteroatoms. The fourth-order valence-electron chi connectivity index (χ4n) is 2.98. The minimum Gasteiger partial charge on any atom is -0.381 e. The molecule has 1 unspecified atom stereocenters. The lowest BCUT2D eigenvalue weighted by Crippen LogP contribution is -2.19. The standard InChI is InChI=1S/C17H17N3O/c1-2-7-14(8-3-1)20-16(13-6-5-11-21-12-13)19-15-9-4-10-18-17(15)20/h1-4,7-10,13H,5-6,11-12H2. The van der Waals surface area contributed by atoms with Crippen molar-refractivity contribution in [1.82, 2.24) is 14.5 Å². The SMILES string of the molecule is c1ccc(-n2c(C3CCCOC3)nc3cccnc32)cc1. The fourth-order valence-corrected chi connectivity index (χ4v) is 2.98. The van der Waals surface area contributed by atoms with Crippen LogP contribution in [0.4, 0.5) is 0 Å². The van der Waals surface area contributed by atoms with Crippen LogP contribution in [-0.4, -0.2) is 27.7 Å². The quantitative estimate of drug-likeness (QED) is 0.722. The second-order valence-corrected chi connectivity index (χ2v) is 5.40. The highest BCUT2D eigenvalue weighted by Gasteiger charge is 2.24. The van der Waals surface area contributed by atoms with Crippen molar-refractivity contribution in [3.63, 3.8) is 0 Å². The molecule has 1 aliphatic heterocycles. The van der Waals surface area contributed by atoms with Crippen molar-refractivity contribution in [3.8, 4) is 5.69 Å². The van der Waals surface area contributed by atoms with Crippen molar-refractivity contribution < 1.29 is 4.74 Å². The van der Waals surface area contributed by atoms with Crippen LogP contribution in [-0.2, 0) is 4.74 Å². The first-order valence-electron chi connectivity index (χ1n) is 7.40. The minimum absolute atomic E-state index is 0.341. The number of nitrogens with zero attached hydrogens (tertiary/aromatic N) is 3. The maximum absolute atomic E-state index is 5.65. The molecule has 0 N–H and O–H groups in total. The van der Waals surface area contributed by atoms with E-state index in [2.05, 4.69) is 21.7 Å². The summed E-state index contributed by atoms with van der Waals surface area (Å²) in [7, 11) is 0. The Bertz CT molecular complexity index is 745. The van der Waals surface area contributed by atoms with Gasteiger partial charge in [0.1, 0.15) is 11.3 Å². The Balaban J connectivity index is 1.92. The highest BCUT2D eigenvalue weighted by atomic mass is 16.5. The molecule has 0 amide bonds. The average Bonchev–Trinajstić information content (AvgIpc) is 2.96. The third-order valence-corrected chi connectivity index (χ3v) is 3.98. The van der Waals surface area contributed by atoms with Gasteiger partial charge in [0.2, 0.25) is 0 Å². The summed E-state index contributed by atoms with van der Waals surface area (Å²) in [5.41, 5.74) is 2.98. The van der Waals surface area contributed by atoms with Gasteiger partial charge in [-0.15, -0.1) is 0 Å². The normalized spacial score (nSPS) is 19.0. The summed E-state index contributed by atoms with van der Waals surface area (Å²) in [4.78, 5) is 9.37. The van der Waals surface area contributed by atoms with Crippen LogP contribution in [0, 0.1) is 0 Å². The molecule has 0 spiro atoms. The number of rotatable bonds is 2. The van der Waals surface area contributed by atoms with Crippen molar-refractivity contribution in [2.75, 3.05) is 13.2 Å². The molecule has 1 saturated heterocycles. The van der Waals surface area contributed by atoms with Gasteiger partial charge in [-0.1, -0.05) is 18.2 Å². The first-order valence-corrected chi connectivity index (χ1v) is 7.40. The van der Waals surface area contributed by atoms with Crippen LogP contribution in [0.2, 0.25) is 0 Å². The molecule has 106 valence electrons. The second-order valence-electron chi connectivity index (χ2n) is 5.40. The Hall–Kier alpha value is -2.20. The average molecular weight is 279 g/mol. The van der Waals surface area contributed by atoms with Crippen molar-refractivity contribution in [3.05, 3.63) is 54.5 Å². The second kappa shape index (κ2) is 5.30. The lowest BCUT2D eigenvalue weighted by molar-refractivity contribution is 0.0778. The van der Waals surface area contributed by atoms with Gasteiger partial charge in [0.05, 0.1) is 6.61 Å². The maximum atomic E-state index is 5.65. The van der Waals surface area contributed by atoms with E-state index in [0.29, 0.717) is 5.92 Å². The summed E-state index contributed by atoms with van der Waals surface area (Å²) in [5.74, 6) is 1.41. The smallest absolute Gasteiger partial charge is 0.164 e. The van der Waals surface area contributed by atoms with Crippen molar-refractivity contribution in [2.45, 2.75) is 18.8 Å². The molecule has 0 bridgehead atoms. The summed E-state index contributed by atoms with van der Waals surface area (Å²) >= 11 is 0. The van der Waals surface area contributed by atoms with E-state index >= 15 is 0 Å². The number of imidazole rings is 1. The van der Waals surface area contributed by atoms with E-state index in [1.807, 2.05) is 36.5 Å². The predicted molar refractivity (Wildman–Crippen MR) is 81.7 cm³/mol. The number of ether oxygens (including phenoxy) is 1. The van der Waals surface area contributed by atoms with Crippen molar-refractivity contribution in [2.24, 2.45) is 0 Å². The van der Waals surface area contributed by atoms with Crippen LogP contribution in [0.1, 0.15) is 24.6 Å².